The van der Waals surface area contributed by atoms with E-state index < -0.39 is 0 Å². The van der Waals surface area contributed by atoms with Crippen molar-refractivity contribution in [3.05, 3.63) is 72.3 Å². The molecule has 0 aliphatic carbocycles. The minimum atomic E-state index is -0.219. The average Bonchev–Trinajstić information content (AvgIpc) is 2.55. The lowest BCUT2D eigenvalue weighted by Crippen LogP contribution is -2.27. The summed E-state index contributed by atoms with van der Waals surface area (Å²) >= 11 is 0. The molecule has 1 amide bonds. The molecule has 0 saturated carbocycles. The molecule has 1 heterocycles. The van der Waals surface area contributed by atoms with Gasteiger partial charge in [0.1, 0.15) is 5.69 Å². The Hall–Kier alpha value is -2.75. The zero-order valence-corrected chi connectivity index (χ0v) is 11.7. The molecule has 0 radical (unpaired) electrons. The SMILES string of the molecule is CC(NC(=O)c1cnccn1)c1ccc2ccccc2c1. The number of aromatic nitrogens is 2. The Balaban J connectivity index is 1.80. The molecule has 4 nitrogen and oxygen atoms in total. The number of benzene rings is 2. The zero-order valence-electron chi connectivity index (χ0n) is 11.7. The Morgan fingerprint density at radius 2 is 1.90 bits per heavy atom. The highest BCUT2D eigenvalue weighted by Gasteiger charge is 2.12. The van der Waals surface area contributed by atoms with E-state index in [0.717, 1.165) is 10.9 Å². The number of carbonyl (C=O) groups is 1. The van der Waals surface area contributed by atoms with E-state index in [1.54, 1.807) is 6.20 Å². The van der Waals surface area contributed by atoms with Gasteiger partial charge in [-0.25, -0.2) is 4.98 Å². The first-order chi connectivity index (χ1) is 10.2. The second-order valence-electron chi connectivity index (χ2n) is 4.89. The van der Waals surface area contributed by atoms with Crippen molar-refractivity contribution in [1.29, 1.82) is 0 Å². The summed E-state index contributed by atoms with van der Waals surface area (Å²) in [4.78, 5) is 20.0. The quantitative estimate of drug-likeness (QED) is 0.800. The first-order valence-corrected chi connectivity index (χ1v) is 6.79. The fourth-order valence-corrected chi connectivity index (χ4v) is 2.25. The molecule has 0 aliphatic rings. The van der Waals surface area contributed by atoms with E-state index in [4.69, 9.17) is 0 Å². The summed E-state index contributed by atoms with van der Waals surface area (Å²) in [6.45, 7) is 1.96. The van der Waals surface area contributed by atoms with Gasteiger partial charge >= 0.3 is 0 Å². The molecule has 2 aromatic carbocycles. The molecule has 3 aromatic rings. The van der Waals surface area contributed by atoms with Gasteiger partial charge in [-0.1, -0.05) is 36.4 Å². The fourth-order valence-electron chi connectivity index (χ4n) is 2.25. The standard InChI is InChI=1S/C17H15N3O/c1-12(20-17(21)16-11-18-8-9-19-16)14-7-6-13-4-2-3-5-15(13)10-14/h2-12H,1H3,(H,20,21). The van der Waals surface area contributed by atoms with E-state index in [9.17, 15) is 4.79 Å². The lowest BCUT2D eigenvalue weighted by molar-refractivity contribution is 0.0934. The van der Waals surface area contributed by atoms with Crippen molar-refractivity contribution in [1.82, 2.24) is 15.3 Å². The van der Waals surface area contributed by atoms with Gasteiger partial charge in [-0.15, -0.1) is 0 Å². The van der Waals surface area contributed by atoms with Gasteiger partial charge < -0.3 is 5.32 Å². The molecule has 0 aliphatic heterocycles. The third-order valence-electron chi connectivity index (χ3n) is 3.42. The minimum absolute atomic E-state index is 0.0934. The second kappa shape index (κ2) is 5.71. The van der Waals surface area contributed by atoms with E-state index in [-0.39, 0.29) is 11.9 Å². The van der Waals surface area contributed by atoms with Crippen LogP contribution in [-0.4, -0.2) is 15.9 Å². The normalized spacial score (nSPS) is 12.0. The Morgan fingerprint density at radius 1 is 1.10 bits per heavy atom. The van der Waals surface area contributed by atoms with Gasteiger partial charge in [0.2, 0.25) is 0 Å². The predicted octanol–water partition coefficient (Wildman–Crippen LogP) is 3.12. The van der Waals surface area contributed by atoms with Crippen molar-refractivity contribution in [2.45, 2.75) is 13.0 Å². The molecule has 0 spiro atoms. The molecule has 1 N–H and O–H groups in total. The molecule has 1 atom stereocenters. The Kier molecular flexibility index (Phi) is 3.60. The highest BCUT2D eigenvalue weighted by Crippen LogP contribution is 2.20. The summed E-state index contributed by atoms with van der Waals surface area (Å²) in [7, 11) is 0. The Bertz CT molecular complexity index is 771. The van der Waals surface area contributed by atoms with Gasteiger partial charge in [-0.3, -0.25) is 9.78 Å². The van der Waals surface area contributed by atoms with E-state index >= 15 is 0 Å². The van der Waals surface area contributed by atoms with E-state index in [0.29, 0.717) is 5.69 Å². The maximum absolute atomic E-state index is 12.1. The molecule has 0 saturated heterocycles. The van der Waals surface area contributed by atoms with Crippen LogP contribution in [0.4, 0.5) is 0 Å². The third kappa shape index (κ3) is 2.89. The third-order valence-corrected chi connectivity index (χ3v) is 3.42. The van der Waals surface area contributed by atoms with Crippen LogP contribution in [0.25, 0.3) is 10.8 Å². The summed E-state index contributed by atoms with van der Waals surface area (Å²) in [5.74, 6) is -0.219. The number of nitrogens with zero attached hydrogens (tertiary/aromatic N) is 2. The van der Waals surface area contributed by atoms with Gasteiger partial charge in [0, 0.05) is 12.4 Å². The van der Waals surface area contributed by atoms with E-state index in [1.807, 2.05) is 25.1 Å². The number of rotatable bonds is 3. The molecule has 1 aromatic heterocycles. The van der Waals surface area contributed by atoms with Crippen LogP contribution in [-0.2, 0) is 0 Å². The fraction of sp³-hybridized carbons (Fsp3) is 0.118. The summed E-state index contributed by atoms with van der Waals surface area (Å²) in [5.41, 5.74) is 1.39. The van der Waals surface area contributed by atoms with E-state index in [1.165, 1.54) is 17.8 Å². The van der Waals surface area contributed by atoms with Crippen molar-refractivity contribution in [2.75, 3.05) is 0 Å². The monoisotopic (exact) mass is 277 g/mol. The van der Waals surface area contributed by atoms with Crippen molar-refractivity contribution in [3.63, 3.8) is 0 Å². The van der Waals surface area contributed by atoms with Crippen LogP contribution in [0, 0.1) is 0 Å². The summed E-state index contributed by atoms with van der Waals surface area (Å²) < 4.78 is 0. The largest absolute Gasteiger partial charge is 0.344 e. The van der Waals surface area contributed by atoms with Crippen molar-refractivity contribution >= 4 is 16.7 Å². The lowest BCUT2D eigenvalue weighted by atomic mass is 10.0. The molecule has 0 fully saturated rings. The Morgan fingerprint density at radius 3 is 2.67 bits per heavy atom. The molecule has 1 unspecified atom stereocenters. The van der Waals surface area contributed by atoms with Crippen LogP contribution in [0.15, 0.2) is 61.1 Å². The van der Waals surface area contributed by atoms with Crippen LogP contribution in [0.5, 0.6) is 0 Å². The molecule has 3 rings (SSSR count). The Labute approximate surface area is 122 Å². The van der Waals surface area contributed by atoms with Crippen LogP contribution in [0.2, 0.25) is 0 Å². The van der Waals surface area contributed by atoms with Crippen LogP contribution in [0.1, 0.15) is 29.0 Å². The highest BCUT2D eigenvalue weighted by atomic mass is 16.1. The second-order valence-corrected chi connectivity index (χ2v) is 4.89. The average molecular weight is 277 g/mol. The van der Waals surface area contributed by atoms with Gasteiger partial charge in [0.25, 0.3) is 5.91 Å². The smallest absolute Gasteiger partial charge is 0.271 e. The summed E-state index contributed by atoms with van der Waals surface area (Å²) in [6.07, 6.45) is 4.52. The maximum atomic E-state index is 12.1. The van der Waals surface area contributed by atoms with Crippen LogP contribution in [0.3, 0.4) is 0 Å². The molecular weight excluding hydrogens is 262 g/mol. The number of fused-ring (bicyclic) bond motifs is 1. The molecule has 0 bridgehead atoms. The summed E-state index contributed by atoms with van der Waals surface area (Å²) in [5, 5.41) is 5.29. The number of amides is 1. The summed E-state index contributed by atoms with van der Waals surface area (Å²) in [6, 6.07) is 14.3. The topological polar surface area (TPSA) is 54.9 Å². The van der Waals surface area contributed by atoms with Crippen molar-refractivity contribution in [2.24, 2.45) is 0 Å². The molecule has 4 heteroatoms. The number of hydrogen-bond donors (Lipinski definition) is 1. The molecular formula is C17H15N3O. The maximum Gasteiger partial charge on any atom is 0.271 e. The first-order valence-electron chi connectivity index (χ1n) is 6.79. The van der Waals surface area contributed by atoms with Gasteiger partial charge in [-0.2, -0.15) is 0 Å². The van der Waals surface area contributed by atoms with E-state index in [2.05, 4.69) is 39.6 Å². The predicted molar refractivity (Wildman–Crippen MR) is 81.9 cm³/mol. The van der Waals surface area contributed by atoms with Crippen LogP contribution < -0.4 is 5.32 Å². The van der Waals surface area contributed by atoms with Gasteiger partial charge in [0.05, 0.1) is 12.2 Å². The highest BCUT2D eigenvalue weighted by molar-refractivity contribution is 5.92. The van der Waals surface area contributed by atoms with Crippen molar-refractivity contribution < 1.29 is 4.79 Å². The number of hydrogen-bond acceptors (Lipinski definition) is 3. The number of carbonyl (C=O) groups excluding carboxylic acids is 1. The van der Waals surface area contributed by atoms with Gasteiger partial charge in [0.15, 0.2) is 0 Å². The minimum Gasteiger partial charge on any atom is -0.344 e. The molecule has 104 valence electrons. The zero-order chi connectivity index (χ0) is 14.7. The lowest BCUT2D eigenvalue weighted by Gasteiger charge is -2.14. The first kappa shape index (κ1) is 13.2. The van der Waals surface area contributed by atoms with Crippen LogP contribution >= 0.6 is 0 Å². The number of nitrogens with one attached hydrogen (secondary N) is 1. The van der Waals surface area contributed by atoms with Gasteiger partial charge in [-0.05, 0) is 29.3 Å². The van der Waals surface area contributed by atoms with Crippen molar-refractivity contribution in [3.8, 4) is 0 Å². The molecule has 21 heavy (non-hydrogen) atoms.